The van der Waals surface area contributed by atoms with Crippen LogP contribution < -0.4 is 10.2 Å². The van der Waals surface area contributed by atoms with E-state index in [9.17, 15) is 0 Å². The summed E-state index contributed by atoms with van der Waals surface area (Å²) in [7, 11) is 0. The molecule has 1 fully saturated rings. The number of nitrogens with one attached hydrogen (secondary N) is 1. The number of hydrogen-bond acceptors (Lipinski definition) is 4. The quantitative estimate of drug-likeness (QED) is 0.933. The Morgan fingerprint density at radius 1 is 1.24 bits per heavy atom. The average molecular weight is 284 g/mol. The number of piperidine rings is 1. The fourth-order valence-corrected chi connectivity index (χ4v) is 3.24. The lowest BCUT2D eigenvalue weighted by atomic mass is 9.93. The van der Waals surface area contributed by atoms with Crippen LogP contribution in [0.15, 0.2) is 24.3 Å². The first-order chi connectivity index (χ1) is 10.2. The normalized spacial score (nSPS) is 22.5. The lowest BCUT2D eigenvalue weighted by Gasteiger charge is -2.38. The van der Waals surface area contributed by atoms with Crippen molar-refractivity contribution in [3.63, 3.8) is 0 Å². The maximum atomic E-state index is 4.79. The van der Waals surface area contributed by atoms with Gasteiger partial charge in [0, 0.05) is 24.5 Å². The molecule has 1 aliphatic heterocycles. The van der Waals surface area contributed by atoms with Gasteiger partial charge in [-0.25, -0.2) is 4.98 Å². The summed E-state index contributed by atoms with van der Waals surface area (Å²) >= 11 is 0. The Kier molecular flexibility index (Phi) is 3.95. The molecule has 3 rings (SSSR count). The number of benzene rings is 1. The van der Waals surface area contributed by atoms with Gasteiger partial charge < -0.3 is 10.2 Å². The van der Waals surface area contributed by atoms with Crippen LogP contribution in [-0.2, 0) is 0 Å². The maximum Gasteiger partial charge on any atom is 0.225 e. The van der Waals surface area contributed by atoms with Gasteiger partial charge in [-0.2, -0.15) is 4.98 Å². The van der Waals surface area contributed by atoms with E-state index in [1.54, 1.807) is 0 Å². The Morgan fingerprint density at radius 3 is 2.81 bits per heavy atom. The summed E-state index contributed by atoms with van der Waals surface area (Å²) in [5, 5.41) is 4.41. The minimum atomic E-state index is 0.529. The number of nitrogens with zero attached hydrogens (tertiary/aromatic N) is 3. The summed E-state index contributed by atoms with van der Waals surface area (Å²) in [6, 6.07) is 8.83. The average Bonchev–Trinajstić information content (AvgIpc) is 2.47. The molecule has 1 N–H and O–H groups in total. The highest BCUT2D eigenvalue weighted by molar-refractivity contribution is 5.90. The summed E-state index contributed by atoms with van der Waals surface area (Å²) in [5.41, 5.74) is 1.02. The van der Waals surface area contributed by atoms with Gasteiger partial charge in [-0.3, -0.25) is 0 Å². The van der Waals surface area contributed by atoms with E-state index in [4.69, 9.17) is 4.98 Å². The van der Waals surface area contributed by atoms with Crippen molar-refractivity contribution < 1.29 is 0 Å². The molecule has 1 aliphatic rings. The van der Waals surface area contributed by atoms with Gasteiger partial charge in [0.15, 0.2) is 0 Å². The maximum absolute atomic E-state index is 4.79. The third-order valence-electron chi connectivity index (χ3n) is 4.33. The molecule has 4 nitrogen and oxygen atoms in total. The molecule has 0 spiro atoms. The molecule has 2 heterocycles. The van der Waals surface area contributed by atoms with Crippen LogP contribution in [0.2, 0.25) is 0 Å². The molecule has 2 atom stereocenters. The van der Waals surface area contributed by atoms with Crippen LogP contribution in [0.1, 0.15) is 33.6 Å². The largest absolute Gasteiger partial charge is 0.354 e. The van der Waals surface area contributed by atoms with Crippen LogP contribution >= 0.6 is 0 Å². The zero-order chi connectivity index (χ0) is 14.8. The molecule has 1 aromatic heterocycles. The van der Waals surface area contributed by atoms with Gasteiger partial charge in [0.2, 0.25) is 5.95 Å². The van der Waals surface area contributed by atoms with Gasteiger partial charge in [0.25, 0.3) is 0 Å². The third-order valence-corrected chi connectivity index (χ3v) is 4.33. The minimum Gasteiger partial charge on any atom is -0.354 e. The second-order valence-electron chi connectivity index (χ2n) is 6.09. The Hall–Kier alpha value is -1.84. The zero-order valence-corrected chi connectivity index (χ0v) is 13.1. The number of fused-ring (bicyclic) bond motifs is 1. The first kappa shape index (κ1) is 14.1. The summed E-state index contributed by atoms with van der Waals surface area (Å²) in [5.74, 6) is 2.62. The number of rotatable bonds is 3. The molecule has 2 aromatic rings. The highest BCUT2D eigenvalue weighted by atomic mass is 15.2. The lowest BCUT2D eigenvalue weighted by molar-refractivity contribution is 0.376. The first-order valence-electron chi connectivity index (χ1n) is 7.96. The van der Waals surface area contributed by atoms with Crippen LogP contribution in [0.5, 0.6) is 0 Å². The second-order valence-corrected chi connectivity index (χ2v) is 6.09. The highest BCUT2D eigenvalue weighted by Gasteiger charge is 2.25. The van der Waals surface area contributed by atoms with Gasteiger partial charge in [-0.05, 0) is 44.7 Å². The molecule has 0 bridgehead atoms. The fourth-order valence-electron chi connectivity index (χ4n) is 3.24. The Balaban J connectivity index is 2.07. The Morgan fingerprint density at radius 2 is 2.05 bits per heavy atom. The van der Waals surface area contributed by atoms with Crippen molar-refractivity contribution in [1.29, 1.82) is 0 Å². The molecular weight excluding hydrogens is 260 g/mol. The molecule has 0 saturated carbocycles. The molecule has 1 saturated heterocycles. The van der Waals surface area contributed by atoms with Crippen molar-refractivity contribution in [2.75, 3.05) is 23.3 Å². The van der Waals surface area contributed by atoms with E-state index in [-0.39, 0.29) is 0 Å². The minimum absolute atomic E-state index is 0.529. The first-order valence-corrected chi connectivity index (χ1v) is 7.96. The molecular formula is C17H24N4. The molecule has 1 aromatic carbocycles. The van der Waals surface area contributed by atoms with Crippen LogP contribution in [0.4, 0.5) is 11.8 Å². The van der Waals surface area contributed by atoms with Crippen LogP contribution in [0.3, 0.4) is 0 Å². The Bertz CT molecular complexity index is 625. The molecule has 112 valence electrons. The smallest absolute Gasteiger partial charge is 0.225 e. The van der Waals surface area contributed by atoms with E-state index in [1.807, 2.05) is 6.07 Å². The van der Waals surface area contributed by atoms with Gasteiger partial charge in [0.1, 0.15) is 5.82 Å². The summed E-state index contributed by atoms with van der Waals surface area (Å²) in [4.78, 5) is 11.9. The lowest BCUT2D eigenvalue weighted by Crippen LogP contribution is -2.41. The van der Waals surface area contributed by atoms with Crippen molar-refractivity contribution in [1.82, 2.24) is 9.97 Å². The van der Waals surface area contributed by atoms with E-state index in [2.05, 4.69) is 54.2 Å². The van der Waals surface area contributed by atoms with Crippen molar-refractivity contribution in [2.45, 2.75) is 39.7 Å². The molecule has 0 radical (unpaired) electrons. The number of aromatic nitrogens is 2. The standard InChI is InChI=1S/C17H24N4/c1-4-18-17-19-15-8-6-5-7-14(15)16(20-17)21-10-9-12(2)11-13(21)3/h5-8,12-13H,4,9-11H2,1-3H3,(H,18,19,20). The van der Waals surface area contributed by atoms with Gasteiger partial charge >= 0.3 is 0 Å². The summed E-state index contributed by atoms with van der Waals surface area (Å²) in [6.07, 6.45) is 2.47. The molecule has 2 unspecified atom stereocenters. The number of hydrogen-bond donors (Lipinski definition) is 1. The third kappa shape index (κ3) is 2.80. The molecule has 0 amide bonds. The Labute approximate surface area is 126 Å². The number of para-hydroxylation sites is 1. The summed E-state index contributed by atoms with van der Waals surface area (Å²) < 4.78 is 0. The monoisotopic (exact) mass is 284 g/mol. The summed E-state index contributed by atoms with van der Waals surface area (Å²) in [6.45, 7) is 8.64. The van der Waals surface area contributed by atoms with E-state index in [1.165, 1.54) is 12.8 Å². The van der Waals surface area contributed by atoms with Gasteiger partial charge in [-0.1, -0.05) is 19.1 Å². The number of anilines is 2. The van der Waals surface area contributed by atoms with Crippen molar-refractivity contribution >= 4 is 22.7 Å². The van der Waals surface area contributed by atoms with E-state index in [0.29, 0.717) is 6.04 Å². The van der Waals surface area contributed by atoms with E-state index < -0.39 is 0 Å². The molecule has 4 heteroatoms. The van der Waals surface area contributed by atoms with E-state index in [0.717, 1.165) is 41.7 Å². The van der Waals surface area contributed by atoms with Gasteiger partial charge in [-0.15, -0.1) is 0 Å². The van der Waals surface area contributed by atoms with Crippen LogP contribution in [0.25, 0.3) is 10.9 Å². The highest BCUT2D eigenvalue weighted by Crippen LogP contribution is 2.31. The molecule has 21 heavy (non-hydrogen) atoms. The SMILES string of the molecule is CCNc1nc(N2CCC(C)CC2C)c2ccccc2n1. The van der Waals surface area contributed by atoms with Crippen molar-refractivity contribution in [3.05, 3.63) is 24.3 Å². The topological polar surface area (TPSA) is 41.1 Å². The van der Waals surface area contributed by atoms with Gasteiger partial charge in [0.05, 0.1) is 5.52 Å². The van der Waals surface area contributed by atoms with Crippen molar-refractivity contribution in [3.8, 4) is 0 Å². The fraction of sp³-hybridized carbons (Fsp3) is 0.529. The molecule has 0 aliphatic carbocycles. The second kappa shape index (κ2) is 5.88. The predicted octanol–water partition coefficient (Wildman–Crippen LogP) is 3.69. The van der Waals surface area contributed by atoms with Crippen LogP contribution in [-0.4, -0.2) is 29.1 Å². The predicted molar refractivity (Wildman–Crippen MR) is 88.9 cm³/mol. The van der Waals surface area contributed by atoms with Crippen molar-refractivity contribution in [2.24, 2.45) is 5.92 Å². The van der Waals surface area contributed by atoms with Crippen LogP contribution in [0, 0.1) is 5.92 Å². The zero-order valence-electron chi connectivity index (χ0n) is 13.1. The van der Waals surface area contributed by atoms with E-state index >= 15 is 0 Å².